The highest BCUT2D eigenvalue weighted by molar-refractivity contribution is 5.33. The van der Waals surface area contributed by atoms with Crippen LogP contribution < -0.4 is 0 Å². The Bertz CT molecular complexity index is 466. The van der Waals surface area contributed by atoms with Gasteiger partial charge in [0.15, 0.2) is 0 Å². The van der Waals surface area contributed by atoms with E-state index in [1.165, 1.54) is 12.0 Å². The molecule has 2 aliphatic rings. The minimum Gasteiger partial charge on any atom is -0.381 e. The Hall–Kier alpha value is -1.37. The van der Waals surface area contributed by atoms with Crippen molar-refractivity contribution in [3.63, 3.8) is 0 Å². The van der Waals surface area contributed by atoms with Gasteiger partial charge in [-0.3, -0.25) is 0 Å². The maximum Gasteiger partial charge on any atom is 0.0846 e. The number of likely N-dealkylation sites (tertiary alicyclic amines) is 1. The third kappa shape index (κ3) is 2.72. The molecule has 0 N–H and O–H groups in total. The largest absolute Gasteiger partial charge is 0.381 e. The van der Waals surface area contributed by atoms with Crippen LogP contribution in [0.2, 0.25) is 0 Å². The fourth-order valence-electron chi connectivity index (χ4n) is 3.43. The quantitative estimate of drug-likeness (QED) is 0.847. The standard InChI is InChI=1S/C17H22N2O/c18-14-17(16-4-2-1-3-5-16)7-9-19(10-8-17)12-15-6-11-20-13-15/h1-5,15H,6-13H2. The van der Waals surface area contributed by atoms with Gasteiger partial charge in [0, 0.05) is 13.2 Å². The van der Waals surface area contributed by atoms with Gasteiger partial charge in [0.2, 0.25) is 0 Å². The number of ether oxygens (including phenoxy) is 1. The maximum absolute atomic E-state index is 9.68. The summed E-state index contributed by atoms with van der Waals surface area (Å²) in [6, 6.07) is 12.9. The molecule has 2 aliphatic heterocycles. The monoisotopic (exact) mass is 270 g/mol. The third-order valence-electron chi connectivity index (χ3n) is 4.79. The molecule has 3 nitrogen and oxygen atoms in total. The van der Waals surface area contributed by atoms with Gasteiger partial charge >= 0.3 is 0 Å². The molecule has 0 aromatic heterocycles. The molecule has 2 heterocycles. The van der Waals surface area contributed by atoms with Crippen molar-refractivity contribution in [3.8, 4) is 6.07 Å². The van der Waals surface area contributed by atoms with Crippen LogP contribution in [-0.2, 0) is 10.2 Å². The summed E-state index contributed by atoms with van der Waals surface area (Å²) < 4.78 is 5.45. The average molecular weight is 270 g/mol. The van der Waals surface area contributed by atoms with Crippen molar-refractivity contribution in [3.05, 3.63) is 35.9 Å². The van der Waals surface area contributed by atoms with E-state index >= 15 is 0 Å². The second-order valence-electron chi connectivity index (χ2n) is 6.09. The van der Waals surface area contributed by atoms with Gasteiger partial charge in [-0.05, 0) is 43.8 Å². The number of hydrogen-bond acceptors (Lipinski definition) is 3. The lowest BCUT2D eigenvalue weighted by atomic mass is 9.74. The number of nitriles is 1. The SMILES string of the molecule is N#CC1(c2ccccc2)CCN(CC2CCOC2)CC1. The summed E-state index contributed by atoms with van der Waals surface area (Å²) in [6.07, 6.45) is 3.08. The first-order valence-electron chi connectivity index (χ1n) is 7.59. The first-order chi connectivity index (χ1) is 9.82. The Labute approximate surface area is 121 Å². The van der Waals surface area contributed by atoms with E-state index in [0.717, 1.165) is 45.7 Å². The summed E-state index contributed by atoms with van der Waals surface area (Å²) >= 11 is 0. The van der Waals surface area contributed by atoms with Crippen LogP contribution in [0.25, 0.3) is 0 Å². The summed E-state index contributed by atoms with van der Waals surface area (Å²) in [5.41, 5.74) is 0.913. The van der Waals surface area contributed by atoms with Crippen LogP contribution in [0.3, 0.4) is 0 Å². The molecule has 1 aromatic carbocycles. The normalized spacial score (nSPS) is 26.2. The lowest BCUT2D eigenvalue weighted by Gasteiger charge is -2.38. The zero-order chi connectivity index (χ0) is 13.8. The smallest absolute Gasteiger partial charge is 0.0846 e. The van der Waals surface area contributed by atoms with Gasteiger partial charge in [-0.25, -0.2) is 0 Å². The highest BCUT2D eigenvalue weighted by Crippen LogP contribution is 2.35. The highest BCUT2D eigenvalue weighted by Gasteiger charge is 2.36. The topological polar surface area (TPSA) is 36.3 Å². The van der Waals surface area contributed by atoms with Gasteiger partial charge in [0.1, 0.15) is 0 Å². The van der Waals surface area contributed by atoms with E-state index in [4.69, 9.17) is 4.74 Å². The molecular formula is C17H22N2O. The first kappa shape index (κ1) is 13.6. The van der Waals surface area contributed by atoms with E-state index in [2.05, 4.69) is 23.1 Å². The molecule has 0 amide bonds. The van der Waals surface area contributed by atoms with Crippen LogP contribution >= 0.6 is 0 Å². The third-order valence-corrected chi connectivity index (χ3v) is 4.79. The van der Waals surface area contributed by atoms with Crippen LogP contribution in [0, 0.1) is 17.2 Å². The summed E-state index contributed by atoms with van der Waals surface area (Å²) in [4.78, 5) is 2.51. The van der Waals surface area contributed by atoms with Crippen molar-refractivity contribution in [2.24, 2.45) is 5.92 Å². The van der Waals surface area contributed by atoms with E-state index in [-0.39, 0.29) is 5.41 Å². The molecule has 0 radical (unpaired) electrons. The van der Waals surface area contributed by atoms with Gasteiger partial charge < -0.3 is 9.64 Å². The molecule has 106 valence electrons. The van der Waals surface area contributed by atoms with Gasteiger partial charge in [-0.2, -0.15) is 5.26 Å². The Balaban J connectivity index is 1.63. The van der Waals surface area contributed by atoms with E-state index in [9.17, 15) is 5.26 Å². The first-order valence-corrected chi connectivity index (χ1v) is 7.59. The molecule has 0 saturated carbocycles. The van der Waals surface area contributed by atoms with Crippen molar-refractivity contribution < 1.29 is 4.74 Å². The van der Waals surface area contributed by atoms with Crippen LogP contribution in [0.15, 0.2) is 30.3 Å². The van der Waals surface area contributed by atoms with E-state index in [0.29, 0.717) is 5.92 Å². The summed E-state index contributed by atoms with van der Waals surface area (Å²) in [7, 11) is 0. The second kappa shape index (κ2) is 5.95. The minimum atomic E-state index is -0.274. The molecule has 2 saturated heterocycles. The molecule has 1 atom stereocenters. The molecule has 3 rings (SSSR count). The van der Waals surface area contributed by atoms with Crippen molar-refractivity contribution in [1.82, 2.24) is 4.90 Å². The lowest BCUT2D eigenvalue weighted by molar-refractivity contribution is 0.141. The Morgan fingerprint density at radius 2 is 2.00 bits per heavy atom. The van der Waals surface area contributed by atoms with Crippen LogP contribution in [0.5, 0.6) is 0 Å². The number of nitrogens with zero attached hydrogens (tertiary/aromatic N) is 2. The molecule has 20 heavy (non-hydrogen) atoms. The summed E-state index contributed by atoms with van der Waals surface area (Å²) in [5, 5.41) is 9.68. The number of hydrogen-bond donors (Lipinski definition) is 0. The fraction of sp³-hybridized carbons (Fsp3) is 0.588. The average Bonchev–Trinajstić information content (AvgIpc) is 3.02. The number of benzene rings is 1. The molecular weight excluding hydrogens is 248 g/mol. The van der Waals surface area contributed by atoms with E-state index < -0.39 is 0 Å². The Morgan fingerprint density at radius 3 is 2.60 bits per heavy atom. The fourth-order valence-corrected chi connectivity index (χ4v) is 3.43. The van der Waals surface area contributed by atoms with Gasteiger partial charge in [0.05, 0.1) is 18.1 Å². The van der Waals surface area contributed by atoms with Gasteiger partial charge in [0.25, 0.3) is 0 Å². The molecule has 2 fully saturated rings. The number of rotatable bonds is 3. The minimum absolute atomic E-state index is 0.274. The molecule has 1 aromatic rings. The van der Waals surface area contributed by atoms with E-state index in [1.807, 2.05) is 18.2 Å². The zero-order valence-corrected chi connectivity index (χ0v) is 11.9. The van der Waals surface area contributed by atoms with Crippen molar-refractivity contribution in [2.45, 2.75) is 24.7 Å². The molecule has 3 heteroatoms. The van der Waals surface area contributed by atoms with Crippen LogP contribution in [0.1, 0.15) is 24.8 Å². The predicted molar refractivity (Wildman–Crippen MR) is 78.3 cm³/mol. The zero-order valence-electron chi connectivity index (χ0n) is 11.9. The van der Waals surface area contributed by atoms with Crippen LogP contribution in [-0.4, -0.2) is 37.7 Å². The van der Waals surface area contributed by atoms with Crippen molar-refractivity contribution >= 4 is 0 Å². The molecule has 0 aliphatic carbocycles. The van der Waals surface area contributed by atoms with Crippen molar-refractivity contribution in [1.29, 1.82) is 5.26 Å². The summed E-state index contributed by atoms with van der Waals surface area (Å²) in [6.45, 7) is 5.03. The van der Waals surface area contributed by atoms with E-state index in [1.54, 1.807) is 0 Å². The maximum atomic E-state index is 9.68. The summed E-state index contributed by atoms with van der Waals surface area (Å²) in [5.74, 6) is 0.696. The predicted octanol–water partition coefficient (Wildman–Crippen LogP) is 2.58. The molecule has 0 spiro atoms. The molecule has 0 bridgehead atoms. The van der Waals surface area contributed by atoms with Crippen LogP contribution in [0.4, 0.5) is 0 Å². The van der Waals surface area contributed by atoms with Crippen molar-refractivity contribution in [2.75, 3.05) is 32.8 Å². The second-order valence-corrected chi connectivity index (χ2v) is 6.09. The lowest BCUT2D eigenvalue weighted by Crippen LogP contribution is -2.43. The Kier molecular flexibility index (Phi) is 4.05. The Morgan fingerprint density at radius 1 is 1.25 bits per heavy atom. The highest BCUT2D eigenvalue weighted by atomic mass is 16.5. The molecule has 1 unspecified atom stereocenters. The van der Waals surface area contributed by atoms with Gasteiger partial charge in [-0.1, -0.05) is 30.3 Å². The van der Waals surface area contributed by atoms with Gasteiger partial charge in [-0.15, -0.1) is 0 Å². The number of piperidine rings is 1.